The molecule has 6 nitrogen and oxygen atoms in total. The molecule has 25 heavy (non-hydrogen) atoms. The summed E-state index contributed by atoms with van der Waals surface area (Å²) in [6.07, 6.45) is -4.31. The van der Waals surface area contributed by atoms with E-state index in [9.17, 15) is 18.0 Å². The van der Waals surface area contributed by atoms with E-state index in [-0.39, 0.29) is 23.7 Å². The Morgan fingerprint density at radius 3 is 2.48 bits per heavy atom. The SMILES string of the molecule is CCC(=O)NC(c1ccc(-c2noc(C(F)(F)F)n2)cc1)C1COC1. The molecule has 1 atom stereocenters. The second kappa shape index (κ2) is 6.83. The highest BCUT2D eigenvalue weighted by atomic mass is 19.4. The average molecular weight is 355 g/mol. The molecule has 2 heterocycles. The third kappa shape index (κ3) is 3.81. The van der Waals surface area contributed by atoms with Gasteiger partial charge in [0, 0.05) is 17.9 Å². The highest BCUT2D eigenvalue weighted by molar-refractivity contribution is 5.76. The largest absolute Gasteiger partial charge is 0.471 e. The summed E-state index contributed by atoms with van der Waals surface area (Å²) in [5.41, 5.74) is 1.24. The Bertz CT molecular complexity index is 739. The smallest absolute Gasteiger partial charge is 0.381 e. The summed E-state index contributed by atoms with van der Waals surface area (Å²) in [6, 6.07) is 6.47. The second-order valence-corrected chi connectivity index (χ2v) is 5.74. The second-order valence-electron chi connectivity index (χ2n) is 5.74. The molecule has 1 amide bonds. The highest BCUT2D eigenvalue weighted by Gasteiger charge is 2.38. The molecule has 1 N–H and O–H groups in total. The van der Waals surface area contributed by atoms with E-state index in [4.69, 9.17) is 4.74 Å². The molecule has 1 saturated heterocycles. The van der Waals surface area contributed by atoms with Crippen molar-refractivity contribution in [1.82, 2.24) is 15.5 Å². The molecule has 0 aliphatic carbocycles. The Morgan fingerprint density at radius 1 is 1.32 bits per heavy atom. The minimum absolute atomic E-state index is 0.0750. The summed E-state index contributed by atoms with van der Waals surface area (Å²) < 4.78 is 47.0. The van der Waals surface area contributed by atoms with E-state index < -0.39 is 12.1 Å². The average Bonchev–Trinajstić information content (AvgIpc) is 3.03. The molecule has 0 radical (unpaired) electrons. The number of amides is 1. The molecule has 3 rings (SSSR count). The number of carbonyl (C=O) groups excluding carboxylic acids is 1. The molecule has 0 saturated carbocycles. The van der Waals surface area contributed by atoms with E-state index in [1.807, 2.05) is 0 Å². The molecular formula is C16H16F3N3O3. The van der Waals surface area contributed by atoms with Crippen molar-refractivity contribution in [2.45, 2.75) is 25.6 Å². The number of hydrogen-bond acceptors (Lipinski definition) is 5. The molecule has 2 aromatic rings. The molecule has 134 valence electrons. The maximum absolute atomic E-state index is 12.5. The third-order valence-electron chi connectivity index (χ3n) is 3.97. The fourth-order valence-electron chi connectivity index (χ4n) is 2.49. The first-order valence-corrected chi connectivity index (χ1v) is 7.77. The van der Waals surface area contributed by atoms with Gasteiger partial charge >= 0.3 is 12.1 Å². The van der Waals surface area contributed by atoms with E-state index in [1.54, 1.807) is 31.2 Å². The monoisotopic (exact) mass is 355 g/mol. The predicted molar refractivity (Wildman–Crippen MR) is 80.2 cm³/mol. The lowest BCUT2D eigenvalue weighted by atomic mass is 9.91. The summed E-state index contributed by atoms with van der Waals surface area (Å²) in [5, 5.41) is 6.31. The molecule has 0 spiro atoms. The van der Waals surface area contributed by atoms with Crippen LogP contribution in [0.3, 0.4) is 0 Å². The first-order valence-electron chi connectivity index (χ1n) is 7.77. The minimum Gasteiger partial charge on any atom is -0.381 e. The van der Waals surface area contributed by atoms with Crippen LogP contribution in [0.25, 0.3) is 11.4 Å². The summed E-state index contributed by atoms with van der Waals surface area (Å²) in [7, 11) is 0. The van der Waals surface area contributed by atoms with Gasteiger partial charge in [-0.1, -0.05) is 36.3 Å². The molecule has 1 aromatic carbocycles. The van der Waals surface area contributed by atoms with Crippen molar-refractivity contribution in [3.8, 4) is 11.4 Å². The molecule has 1 aromatic heterocycles. The molecule has 1 aliphatic heterocycles. The van der Waals surface area contributed by atoms with Gasteiger partial charge < -0.3 is 14.6 Å². The van der Waals surface area contributed by atoms with Crippen LogP contribution in [0.1, 0.15) is 30.8 Å². The molecule has 9 heteroatoms. The lowest BCUT2D eigenvalue weighted by Crippen LogP contribution is -2.42. The number of nitrogens with zero attached hydrogens (tertiary/aromatic N) is 2. The number of halogens is 3. The zero-order valence-electron chi connectivity index (χ0n) is 13.3. The van der Waals surface area contributed by atoms with Gasteiger partial charge in [0.25, 0.3) is 0 Å². The van der Waals surface area contributed by atoms with Crippen LogP contribution in [0, 0.1) is 5.92 Å². The van der Waals surface area contributed by atoms with Crippen LogP contribution in [0.15, 0.2) is 28.8 Å². The highest BCUT2D eigenvalue weighted by Crippen LogP contribution is 2.31. The van der Waals surface area contributed by atoms with Gasteiger partial charge in [0.2, 0.25) is 11.7 Å². The summed E-state index contributed by atoms with van der Waals surface area (Å²) >= 11 is 0. The number of nitrogens with one attached hydrogen (secondary N) is 1. The molecule has 0 bridgehead atoms. The van der Waals surface area contributed by atoms with Gasteiger partial charge in [-0.15, -0.1) is 0 Å². The summed E-state index contributed by atoms with van der Waals surface area (Å²) in [5.74, 6) is -1.43. The van der Waals surface area contributed by atoms with Gasteiger partial charge in [-0.25, -0.2) is 0 Å². The zero-order valence-corrected chi connectivity index (χ0v) is 13.3. The van der Waals surface area contributed by atoms with Crippen LogP contribution in [0.2, 0.25) is 0 Å². The third-order valence-corrected chi connectivity index (χ3v) is 3.97. The van der Waals surface area contributed by atoms with Gasteiger partial charge in [0.15, 0.2) is 0 Å². The number of rotatable bonds is 5. The van der Waals surface area contributed by atoms with E-state index in [2.05, 4.69) is 20.0 Å². The summed E-state index contributed by atoms with van der Waals surface area (Å²) in [4.78, 5) is 15.1. The maximum Gasteiger partial charge on any atom is 0.471 e. The van der Waals surface area contributed by atoms with Crippen molar-refractivity contribution in [2.24, 2.45) is 5.92 Å². The number of carbonyl (C=O) groups is 1. The minimum atomic E-state index is -4.68. The van der Waals surface area contributed by atoms with Crippen LogP contribution in [-0.4, -0.2) is 29.3 Å². The van der Waals surface area contributed by atoms with Crippen molar-refractivity contribution >= 4 is 5.91 Å². The van der Waals surface area contributed by atoms with Crippen molar-refractivity contribution in [2.75, 3.05) is 13.2 Å². The lowest BCUT2D eigenvalue weighted by molar-refractivity contribution is -0.159. The molecule has 1 fully saturated rings. The van der Waals surface area contributed by atoms with Crippen molar-refractivity contribution < 1.29 is 27.2 Å². The van der Waals surface area contributed by atoms with E-state index >= 15 is 0 Å². The quantitative estimate of drug-likeness (QED) is 0.892. The topological polar surface area (TPSA) is 77.3 Å². The normalized spacial score (nSPS) is 16.3. The van der Waals surface area contributed by atoms with Gasteiger partial charge in [-0.2, -0.15) is 18.2 Å². The van der Waals surface area contributed by atoms with Crippen LogP contribution >= 0.6 is 0 Å². The molecular weight excluding hydrogens is 339 g/mol. The number of hydrogen-bond donors (Lipinski definition) is 1. The van der Waals surface area contributed by atoms with E-state index in [0.717, 1.165) is 5.56 Å². The fourth-order valence-corrected chi connectivity index (χ4v) is 2.49. The predicted octanol–water partition coefficient (Wildman–Crippen LogP) is 2.97. The molecule has 1 unspecified atom stereocenters. The lowest BCUT2D eigenvalue weighted by Gasteiger charge is -2.34. The number of aromatic nitrogens is 2. The van der Waals surface area contributed by atoms with Crippen molar-refractivity contribution in [1.29, 1.82) is 0 Å². The van der Waals surface area contributed by atoms with Gasteiger partial charge in [0.05, 0.1) is 19.3 Å². The fraction of sp³-hybridized carbons (Fsp3) is 0.438. The zero-order chi connectivity index (χ0) is 18.0. The van der Waals surface area contributed by atoms with Gasteiger partial charge in [-0.3, -0.25) is 4.79 Å². The van der Waals surface area contributed by atoms with Crippen LogP contribution in [-0.2, 0) is 15.7 Å². The van der Waals surface area contributed by atoms with Crippen molar-refractivity contribution in [3.05, 3.63) is 35.7 Å². The van der Waals surface area contributed by atoms with Crippen LogP contribution in [0.4, 0.5) is 13.2 Å². The Kier molecular flexibility index (Phi) is 4.76. The van der Waals surface area contributed by atoms with Gasteiger partial charge in [-0.05, 0) is 5.56 Å². The Labute approximate surface area is 141 Å². The standard InChI is InChI=1S/C16H16F3N3O3/c1-2-12(23)20-13(11-7-24-8-11)9-3-5-10(6-4-9)14-21-15(25-22-14)16(17,18)19/h3-6,11,13H,2,7-8H2,1H3,(H,20,23). The molecule has 1 aliphatic rings. The van der Waals surface area contributed by atoms with Crippen molar-refractivity contribution in [3.63, 3.8) is 0 Å². The Hall–Kier alpha value is -2.42. The number of alkyl halides is 3. The maximum atomic E-state index is 12.5. The summed E-state index contributed by atoms with van der Waals surface area (Å²) in [6.45, 7) is 2.87. The first-order chi connectivity index (χ1) is 11.9. The van der Waals surface area contributed by atoms with Crippen LogP contribution < -0.4 is 5.32 Å². The Balaban J connectivity index is 1.80. The van der Waals surface area contributed by atoms with E-state index in [0.29, 0.717) is 25.2 Å². The number of benzene rings is 1. The number of ether oxygens (including phenoxy) is 1. The Morgan fingerprint density at radius 2 is 2.00 bits per heavy atom. The van der Waals surface area contributed by atoms with Gasteiger partial charge in [0.1, 0.15) is 0 Å². The van der Waals surface area contributed by atoms with Crippen LogP contribution in [0.5, 0.6) is 0 Å². The van der Waals surface area contributed by atoms with E-state index in [1.165, 1.54) is 0 Å². The first kappa shape index (κ1) is 17.4.